The fourth-order valence-corrected chi connectivity index (χ4v) is 2.17. The van der Waals surface area contributed by atoms with E-state index < -0.39 is 0 Å². The zero-order valence-corrected chi connectivity index (χ0v) is 14.8. The minimum atomic E-state index is -0.0623. The molecule has 2 aliphatic heterocycles. The Morgan fingerprint density at radius 1 is 1.19 bits per heavy atom. The summed E-state index contributed by atoms with van der Waals surface area (Å²) >= 11 is 0. The molecule has 2 rings (SSSR count). The van der Waals surface area contributed by atoms with E-state index in [2.05, 4.69) is 31.0 Å². The van der Waals surface area contributed by atoms with E-state index in [-0.39, 0.29) is 36.7 Å². The Labute approximate surface area is 123 Å². The van der Waals surface area contributed by atoms with Gasteiger partial charge in [-0.3, -0.25) is 0 Å². The van der Waals surface area contributed by atoms with Gasteiger partial charge in [-0.25, -0.2) is 0 Å². The predicted molar refractivity (Wildman–Crippen MR) is 61.2 cm³/mol. The molecule has 0 aromatic rings. The van der Waals surface area contributed by atoms with Crippen LogP contribution >= 0.6 is 0 Å². The number of ether oxygens (including phenoxy) is 1. The van der Waals surface area contributed by atoms with Crippen molar-refractivity contribution in [3.8, 4) is 0 Å². The summed E-state index contributed by atoms with van der Waals surface area (Å²) in [5.74, 6) is 0. The Balaban J connectivity index is 0.00000128. The summed E-state index contributed by atoms with van der Waals surface area (Å²) in [6.45, 7) is 12.9. The molecular formula is C12H23N2OU-. The molecule has 2 aliphatic rings. The van der Waals surface area contributed by atoms with E-state index in [1.807, 2.05) is 6.73 Å². The maximum Gasteiger partial charge on any atom is 0.0270 e. The first-order valence-electron chi connectivity index (χ1n) is 5.95. The molecule has 3 nitrogen and oxygen atoms in total. The standard InChI is InChI=1S/C12H23N2O.U/c1-11(2,3)15-10-14-6-4-12(5-7-14)8-13-9-12;/h10,13H,4-9H2,1-3H3;/q-1;. The van der Waals surface area contributed by atoms with Crippen LogP contribution in [0.3, 0.4) is 0 Å². The fourth-order valence-electron chi connectivity index (χ4n) is 2.17. The average Bonchev–Trinajstić information content (AvgIpc) is 2.12. The second kappa shape index (κ2) is 5.71. The number of nitrogens with zero attached hydrogens (tertiary/aromatic N) is 1. The van der Waals surface area contributed by atoms with Crippen molar-refractivity contribution in [1.82, 2.24) is 10.2 Å². The maximum atomic E-state index is 5.67. The molecule has 2 fully saturated rings. The van der Waals surface area contributed by atoms with Gasteiger partial charge >= 0.3 is 0 Å². The molecule has 1 spiro atoms. The van der Waals surface area contributed by atoms with Gasteiger partial charge < -0.3 is 15.0 Å². The number of hydrogen-bond donors (Lipinski definition) is 1. The smallest absolute Gasteiger partial charge is 0.0270 e. The van der Waals surface area contributed by atoms with Gasteiger partial charge in [-0.2, -0.15) is 0 Å². The quantitative estimate of drug-likeness (QED) is 0.649. The van der Waals surface area contributed by atoms with Gasteiger partial charge in [-0.05, 0) is 52.1 Å². The van der Waals surface area contributed by atoms with Crippen molar-refractivity contribution in [3.63, 3.8) is 0 Å². The van der Waals surface area contributed by atoms with Crippen molar-refractivity contribution in [1.29, 1.82) is 0 Å². The van der Waals surface area contributed by atoms with Crippen molar-refractivity contribution in [2.75, 3.05) is 26.2 Å². The third-order valence-corrected chi connectivity index (χ3v) is 3.41. The van der Waals surface area contributed by atoms with Gasteiger partial charge in [-0.15, -0.1) is 6.73 Å². The fraction of sp³-hybridized carbons (Fsp3) is 0.917. The van der Waals surface area contributed by atoms with Crippen LogP contribution in [-0.2, 0) is 4.74 Å². The van der Waals surface area contributed by atoms with Gasteiger partial charge in [0, 0.05) is 49.8 Å². The predicted octanol–water partition coefficient (Wildman–Crippen LogP) is 1.61. The van der Waals surface area contributed by atoms with Crippen molar-refractivity contribution in [2.24, 2.45) is 5.41 Å². The summed E-state index contributed by atoms with van der Waals surface area (Å²) in [6, 6.07) is 0. The summed E-state index contributed by atoms with van der Waals surface area (Å²) in [5, 5.41) is 3.38. The third-order valence-electron chi connectivity index (χ3n) is 3.41. The first kappa shape index (κ1) is 15.0. The Morgan fingerprint density at radius 2 is 1.75 bits per heavy atom. The van der Waals surface area contributed by atoms with Gasteiger partial charge in [0.05, 0.1) is 0 Å². The van der Waals surface area contributed by atoms with E-state index in [4.69, 9.17) is 4.74 Å². The van der Waals surface area contributed by atoms with Gasteiger partial charge in [0.1, 0.15) is 0 Å². The van der Waals surface area contributed by atoms with Crippen molar-refractivity contribution in [2.45, 2.75) is 39.2 Å². The van der Waals surface area contributed by atoms with E-state index in [9.17, 15) is 0 Å². The van der Waals surface area contributed by atoms with Crippen LogP contribution in [0, 0.1) is 43.3 Å². The summed E-state index contributed by atoms with van der Waals surface area (Å²) in [5.41, 5.74) is 0.569. The largest absolute Gasteiger partial charge is 0.533 e. The first-order chi connectivity index (χ1) is 6.99. The molecule has 0 amide bonds. The molecule has 92 valence electrons. The second-order valence-electron chi connectivity index (χ2n) is 5.98. The topological polar surface area (TPSA) is 24.5 Å². The molecule has 0 saturated carbocycles. The van der Waals surface area contributed by atoms with Crippen molar-refractivity contribution < 1.29 is 35.9 Å². The van der Waals surface area contributed by atoms with Crippen LogP contribution in [0.5, 0.6) is 0 Å². The number of likely N-dealkylation sites (tertiary alicyclic amines) is 1. The van der Waals surface area contributed by atoms with E-state index in [1.165, 1.54) is 25.9 Å². The van der Waals surface area contributed by atoms with E-state index in [0.717, 1.165) is 13.1 Å². The normalized spacial score (nSPS) is 24.9. The van der Waals surface area contributed by atoms with E-state index in [1.54, 1.807) is 0 Å². The zero-order chi connectivity index (χ0) is 10.9. The van der Waals surface area contributed by atoms with Gasteiger partial charge in [0.25, 0.3) is 0 Å². The zero-order valence-electron chi connectivity index (χ0n) is 10.7. The first-order valence-corrected chi connectivity index (χ1v) is 5.95. The molecule has 0 radical (unpaired) electrons. The Kier molecular flexibility index (Phi) is 5.35. The Hall–Kier alpha value is 0.932. The molecule has 0 aromatic heterocycles. The van der Waals surface area contributed by atoms with Gasteiger partial charge in [0.15, 0.2) is 0 Å². The summed E-state index contributed by atoms with van der Waals surface area (Å²) in [7, 11) is 0. The number of rotatable bonds is 2. The molecule has 0 aromatic carbocycles. The Bertz CT molecular complexity index is 214. The molecule has 0 unspecified atom stereocenters. The summed E-state index contributed by atoms with van der Waals surface area (Å²) < 4.78 is 5.67. The molecule has 0 atom stereocenters. The monoisotopic (exact) mass is 449 g/mol. The summed E-state index contributed by atoms with van der Waals surface area (Å²) in [4.78, 5) is 2.31. The molecule has 4 heteroatoms. The SMILES string of the molecule is CC(C)(C)O[CH-]N1CCC2(CC1)CNC2.[U]. The average molecular weight is 449 g/mol. The molecule has 2 heterocycles. The van der Waals surface area contributed by atoms with E-state index >= 15 is 0 Å². The third kappa shape index (κ3) is 4.00. The number of nitrogens with one attached hydrogen (secondary N) is 1. The van der Waals surface area contributed by atoms with Crippen LogP contribution in [0.15, 0.2) is 0 Å². The minimum Gasteiger partial charge on any atom is -0.533 e. The number of hydrogen-bond acceptors (Lipinski definition) is 3. The molecule has 0 aliphatic carbocycles. The van der Waals surface area contributed by atoms with Crippen molar-refractivity contribution in [3.05, 3.63) is 6.73 Å². The molecule has 0 bridgehead atoms. The van der Waals surface area contributed by atoms with Gasteiger partial charge in [0.2, 0.25) is 0 Å². The summed E-state index contributed by atoms with van der Waals surface area (Å²) in [6.07, 6.45) is 2.62. The molecule has 16 heavy (non-hydrogen) atoms. The van der Waals surface area contributed by atoms with Crippen LogP contribution in [0.4, 0.5) is 0 Å². The van der Waals surface area contributed by atoms with Crippen LogP contribution in [-0.4, -0.2) is 36.7 Å². The van der Waals surface area contributed by atoms with Crippen LogP contribution in [0.25, 0.3) is 0 Å². The van der Waals surface area contributed by atoms with Crippen molar-refractivity contribution >= 4 is 0 Å². The van der Waals surface area contributed by atoms with Crippen LogP contribution in [0.1, 0.15) is 33.6 Å². The van der Waals surface area contributed by atoms with Gasteiger partial charge in [-0.1, -0.05) is 0 Å². The molecule has 1 N–H and O–H groups in total. The second-order valence-corrected chi connectivity index (χ2v) is 5.98. The molecule has 2 saturated heterocycles. The minimum absolute atomic E-state index is 0. The van der Waals surface area contributed by atoms with Crippen LogP contribution < -0.4 is 5.32 Å². The Morgan fingerprint density at radius 3 is 2.12 bits per heavy atom. The molecular weight excluding hydrogens is 426 g/mol. The maximum absolute atomic E-state index is 5.67. The number of piperidine rings is 1. The van der Waals surface area contributed by atoms with Crippen LogP contribution in [0.2, 0.25) is 0 Å². The van der Waals surface area contributed by atoms with E-state index in [0.29, 0.717) is 5.41 Å².